The second kappa shape index (κ2) is 11.3. The predicted octanol–water partition coefficient (Wildman–Crippen LogP) is 1.40. The number of piperazine rings is 1. The molecule has 2 aromatic carbocycles. The molecule has 0 bridgehead atoms. The number of hydrogen-bond acceptors (Lipinski definition) is 7. The van der Waals surface area contributed by atoms with Gasteiger partial charge in [0.05, 0.1) is 10.7 Å². The topological polar surface area (TPSA) is 158 Å². The zero-order valence-corrected chi connectivity index (χ0v) is 17.8. The summed E-state index contributed by atoms with van der Waals surface area (Å²) in [6, 6.07) is 15.7. The molecule has 0 spiro atoms. The molecular formula is C20H23N3O8S. The van der Waals surface area contributed by atoms with Crippen molar-refractivity contribution in [3.05, 3.63) is 75.8 Å². The number of nitrogens with zero attached hydrogens (tertiary/aromatic N) is 3. The molecule has 12 heteroatoms. The van der Waals surface area contributed by atoms with Gasteiger partial charge in [-0.25, -0.2) is 18.0 Å². The number of non-ortho nitro benzene ring substituents is 1. The van der Waals surface area contributed by atoms with Gasteiger partial charge >= 0.3 is 11.9 Å². The third kappa shape index (κ3) is 7.72. The highest BCUT2D eigenvalue weighted by Crippen LogP contribution is 2.17. The van der Waals surface area contributed by atoms with Crippen molar-refractivity contribution < 1.29 is 33.1 Å². The minimum atomic E-state index is -3.32. The molecule has 3 rings (SSSR count). The van der Waals surface area contributed by atoms with E-state index in [-0.39, 0.29) is 11.4 Å². The van der Waals surface area contributed by atoms with Crippen molar-refractivity contribution >= 4 is 27.6 Å². The summed E-state index contributed by atoms with van der Waals surface area (Å²) < 4.78 is 26.7. The lowest BCUT2D eigenvalue weighted by Gasteiger charge is -2.34. The first-order chi connectivity index (χ1) is 15.1. The number of carboxylic acids is 2. The van der Waals surface area contributed by atoms with Crippen molar-refractivity contribution in [1.82, 2.24) is 9.21 Å². The summed E-state index contributed by atoms with van der Waals surface area (Å²) >= 11 is 0. The Morgan fingerprint density at radius 2 is 1.41 bits per heavy atom. The van der Waals surface area contributed by atoms with E-state index in [0.717, 1.165) is 11.1 Å². The van der Waals surface area contributed by atoms with Crippen LogP contribution in [-0.4, -0.2) is 70.9 Å². The molecule has 1 fully saturated rings. The van der Waals surface area contributed by atoms with Gasteiger partial charge in [-0.1, -0.05) is 42.5 Å². The van der Waals surface area contributed by atoms with Crippen LogP contribution in [0.2, 0.25) is 0 Å². The highest BCUT2D eigenvalue weighted by molar-refractivity contribution is 7.88. The molecule has 0 unspecified atom stereocenters. The van der Waals surface area contributed by atoms with Gasteiger partial charge in [0, 0.05) is 44.9 Å². The van der Waals surface area contributed by atoms with Crippen molar-refractivity contribution in [2.75, 3.05) is 26.2 Å². The SMILES string of the molecule is O=C(O)C(=O)O.O=[N+]([O-])c1ccc(CN2CCN(S(=O)(=O)Cc3ccccc3)CC2)cc1. The van der Waals surface area contributed by atoms with Gasteiger partial charge < -0.3 is 10.2 Å². The lowest BCUT2D eigenvalue weighted by atomic mass is 10.2. The maximum atomic E-state index is 12.6. The fourth-order valence-corrected chi connectivity index (χ4v) is 4.54. The third-order valence-electron chi connectivity index (χ3n) is 4.65. The van der Waals surface area contributed by atoms with Gasteiger partial charge in [0.1, 0.15) is 0 Å². The minimum absolute atomic E-state index is 0.0240. The first kappa shape index (κ1) is 24.9. The summed E-state index contributed by atoms with van der Waals surface area (Å²) in [5.41, 5.74) is 1.85. The standard InChI is InChI=1S/C18H21N3O4S.C2H2O4/c22-21(23)18-8-6-16(7-9-18)14-19-10-12-20(13-11-19)26(24,25)15-17-4-2-1-3-5-17;3-1(4)2(5)6/h1-9H,10-15H2;(H,3,4)(H,5,6). The van der Waals surface area contributed by atoms with Crippen molar-refractivity contribution in [2.45, 2.75) is 12.3 Å². The van der Waals surface area contributed by atoms with Gasteiger partial charge in [-0.05, 0) is 11.1 Å². The Hall–Kier alpha value is -3.35. The number of nitro groups is 1. The number of carboxylic acid groups (broad SMARTS) is 2. The molecular weight excluding hydrogens is 442 g/mol. The Bertz CT molecular complexity index is 1020. The molecule has 172 valence electrons. The van der Waals surface area contributed by atoms with E-state index in [1.165, 1.54) is 12.1 Å². The third-order valence-corrected chi connectivity index (χ3v) is 6.50. The Morgan fingerprint density at radius 3 is 1.88 bits per heavy atom. The molecule has 0 atom stereocenters. The molecule has 0 aliphatic carbocycles. The Morgan fingerprint density at radius 1 is 0.875 bits per heavy atom. The lowest BCUT2D eigenvalue weighted by Crippen LogP contribution is -2.48. The highest BCUT2D eigenvalue weighted by Gasteiger charge is 2.27. The minimum Gasteiger partial charge on any atom is -0.473 e. The molecule has 0 amide bonds. The average Bonchev–Trinajstić information content (AvgIpc) is 2.75. The van der Waals surface area contributed by atoms with Crippen LogP contribution in [0.15, 0.2) is 54.6 Å². The zero-order chi connectivity index (χ0) is 23.7. The molecule has 2 aromatic rings. The second-order valence-electron chi connectivity index (χ2n) is 6.95. The maximum absolute atomic E-state index is 12.6. The van der Waals surface area contributed by atoms with E-state index in [1.807, 2.05) is 30.3 Å². The van der Waals surface area contributed by atoms with Gasteiger partial charge in [-0.2, -0.15) is 4.31 Å². The molecule has 1 heterocycles. The van der Waals surface area contributed by atoms with Crippen LogP contribution in [0.3, 0.4) is 0 Å². The quantitative estimate of drug-likeness (QED) is 0.365. The van der Waals surface area contributed by atoms with Crippen molar-refractivity contribution in [1.29, 1.82) is 0 Å². The van der Waals surface area contributed by atoms with Crippen LogP contribution in [0.4, 0.5) is 5.69 Å². The van der Waals surface area contributed by atoms with Gasteiger partial charge in [0.15, 0.2) is 0 Å². The number of carbonyl (C=O) groups is 2. The number of sulfonamides is 1. The van der Waals surface area contributed by atoms with Gasteiger partial charge in [0.25, 0.3) is 5.69 Å². The molecule has 2 N–H and O–H groups in total. The summed E-state index contributed by atoms with van der Waals surface area (Å²) in [7, 11) is -3.32. The Kier molecular flexibility index (Phi) is 8.81. The summed E-state index contributed by atoms with van der Waals surface area (Å²) in [6.07, 6.45) is 0. The van der Waals surface area contributed by atoms with E-state index in [2.05, 4.69) is 4.90 Å². The van der Waals surface area contributed by atoms with Crippen LogP contribution in [0.1, 0.15) is 11.1 Å². The van der Waals surface area contributed by atoms with E-state index in [0.29, 0.717) is 32.7 Å². The summed E-state index contributed by atoms with van der Waals surface area (Å²) in [5, 5.41) is 25.5. The van der Waals surface area contributed by atoms with Crippen LogP contribution in [0.25, 0.3) is 0 Å². The van der Waals surface area contributed by atoms with E-state index in [4.69, 9.17) is 19.8 Å². The number of hydrogen-bond donors (Lipinski definition) is 2. The largest absolute Gasteiger partial charge is 0.473 e. The van der Waals surface area contributed by atoms with E-state index in [1.54, 1.807) is 16.4 Å². The number of nitro benzene ring substituents is 1. The van der Waals surface area contributed by atoms with Crippen LogP contribution in [-0.2, 0) is 31.9 Å². The van der Waals surface area contributed by atoms with Gasteiger partial charge in [-0.15, -0.1) is 0 Å². The van der Waals surface area contributed by atoms with Gasteiger partial charge in [-0.3, -0.25) is 15.0 Å². The zero-order valence-electron chi connectivity index (χ0n) is 17.0. The monoisotopic (exact) mass is 465 g/mol. The summed E-state index contributed by atoms with van der Waals surface area (Å²) in [6.45, 7) is 2.87. The molecule has 11 nitrogen and oxygen atoms in total. The number of aliphatic carboxylic acids is 2. The van der Waals surface area contributed by atoms with Crippen molar-refractivity contribution in [3.8, 4) is 0 Å². The van der Waals surface area contributed by atoms with Crippen LogP contribution in [0.5, 0.6) is 0 Å². The molecule has 1 aliphatic rings. The molecule has 0 aromatic heterocycles. The van der Waals surface area contributed by atoms with Crippen molar-refractivity contribution in [2.24, 2.45) is 0 Å². The predicted molar refractivity (Wildman–Crippen MR) is 114 cm³/mol. The van der Waals surface area contributed by atoms with Crippen LogP contribution < -0.4 is 0 Å². The lowest BCUT2D eigenvalue weighted by molar-refractivity contribution is -0.384. The van der Waals surface area contributed by atoms with Crippen molar-refractivity contribution in [3.63, 3.8) is 0 Å². The van der Waals surface area contributed by atoms with E-state index in [9.17, 15) is 18.5 Å². The first-order valence-electron chi connectivity index (χ1n) is 9.52. The highest BCUT2D eigenvalue weighted by atomic mass is 32.2. The molecule has 0 radical (unpaired) electrons. The van der Waals surface area contributed by atoms with Crippen LogP contribution >= 0.6 is 0 Å². The second-order valence-corrected chi connectivity index (χ2v) is 8.92. The van der Waals surface area contributed by atoms with Crippen LogP contribution in [0, 0.1) is 10.1 Å². The molecule has 0 saturated carbocycles. The Labute approximate surface area is 184 Å². The summed E-state index contributed by atoms with van der Waals surface area (Å²) in [5.74, 6) is -3.62. The van der Waals surface area contributed by atoms with Gasteiger partial charge in [0.2, 0.25) is 10.0 Å². The number of benzene rings is 2. The average molecular weight is 465 g/mol. The fraction of sp³-hybridized carbons (Fsp3) is 0.300. The molecule has 1 aliphatic heterocycles. The molecule has 1 saturated heterocycles. The van der Waals surface area contributed by atoms with E-state index < -0.39 is 26.9 Å². The summed E-state index contributed by atoms with van der Waals surface area (Å²) in [4.78, 5) is 30.6. The number of rotatable bonds is 6. The fourth-order valence-electron chi connectivity index (χ4n) is 3.02. The molecule has 32 heavy (non-hydrogen) atoms. The van der Waals surface area contributed by atoms with E-state index >= 15 is 0 Å². The maximum Gasteiger partial charge on any atom is 0.414 e. The Balaban J connectivity index is 0.000000534. The smallest absolute Gasteiger partial charge is 0.414 e. The normalized spacial score (nSPS) is 14.8. The first-order valence-corrected chi connectivity index (χ1v) is 11.1.